The third-order valence-corrected chi connectivity index (χ3v) is 8.07. The number of rotatable bonds is 4. The lowest BCUT2D eigenvalue weighted by Gasteiger charge is -2.47. The molecule has 1 saturated heterocycles. The van der Waals surface area contributed by atoms with E-state index in [0.717, 1.165) is 0 Å². The second-order valence-corrected chi connectivity index (χ2v) is 10.2. The van der Waals surface area contributed by atoms with Crippen molar-refractivity contribution in [3.05, 3.63) is 69.0 Å². The van der Waals surface area contributed by atoms with Crippen LogP contribution in [0.25, 0.3) is 11.2 Å². The second kappa shape index (κ2) is 8.49. The van der Waals surface area contributed by atoms with E-state index in [0.29, 0.717) is 47.4 Å². The van der Waals surface area contributed by atoms with Crippen LogP contribution in [-0.2, 0) is 6.42 Å². The molecule has 3 aromatic heterocycles. The van der Waals surface area contributed by atoms with E-state index in [2.05, 4.69) is 27.3 Å². The van der Waals surface area contributed by atoms with Crippen molar-refractivity contribution in [2.45, 2.75) is 23.9 Å². The number of nitrogens with two attached hydrogens (primary N) is 1. The van der Waals surface area contributed by atoms with Crippen LogP contribution in [0.4, 0.5) is 16.2 Å². The second-order valence-electron chi connectivity index (χ2n) is 8.73. The van der Waals surface area contributed by atoms with Crippen LogP contribution in [0.5, 0.6) is 0 Å². The maximum Gasteiger partial charge on any atom is 0.284 e. The van der Waals surface area contributed by atoms with Gasteiger partial charge in [-0.1, -0.05) is 30.3 Å². The van der Waals surface area contributed by atoms with Crippen LogP contribution in [0.1, 0.15) is 23.0 Å². The minimum absolute atomic E-state index is 0.103. The molecule has 1 aromatic carbocycles. The molecule has 0 radical (unpaired) electrons. The van der Waals surface area contributed by atoms with Gasteiger partial charge in [0.05, 0.1) is 21.8 Å². The van der Waals surface area contributed by atoms with Crippen molar-refractivity contribution < 1.29 is 9.18 Å². The minimum Gasteiger partial charge on any atom is -0.368 e. The highest BCUT2D eigenvalue weighted by Gasteiger charge is 2.42. The Bertz CT molecular complexity index is 1590. The summed E-state index contributed by atoms with van der Waals surface area (Å²) in [6, 6.07) is 7.20. The Morgan fingerprint density at radius 3 is 2.72 bits per heavy atom. The number of thioether (sulfide) groups is 1. The first-order valence-electron chi connectivity index (χ1n) is 11.3. The van der Waals surface area contributed by atoms with E-state index < -0.39 is 5.82 Å². The standard InChI is InChI=1S/C23H20ClFN8O2S/c1-11-10-31(18-16-15(28-22(26)29-18)6-8-27-19(16)34)21(11)36-23-30-32-9-7-14(24)17(32)20(35)33(23)13-4-2-12(25)3-5-13/h2-5,7,9,11,21H,6,8,10H2,1H3,(H,27,34)(H2,26,28,29)/t11-,21?/m0/s1. The number of hydrogen-bond donors (Lipinski definition) is 2. The molecule has 1 amide bonds. The molecule has 1 fully saturated rings. The molecule has 0 saturated carbocycles. The van der Waals surface area contributed by atoms with Gasteiger partial charge in [0.2, 0.25) is 5.95 Å². The van der Waals surface area contributed by atoms with Gasteiger partial charge >= 0.3 is 0 Å². The van der Waals surface area contributed by atoms with Gasteiger partial charge in [0.25, 0.3) is 11.5 Å². The van der Waals surface area contributed by atoms with Crippen molar-refractivity contribution in [1.82, 2.24) is 29.5 Å². The summed E-state index contributed by atoms with van der Waals surface area (Å²) in [6.45, 7) is 3.19. The maximum absolute atomic E-state index is 13.6. The average Bonchev–Trinajstić information content (AvgIpc) is 3.22. The molecule has 0 spiro atoms. The first kappa shape index (κ1) is 22.8. The van der Waals surface area contributed by atoms with E-state index >= 15 is 0 Å². The van der Waals surface area contributed by atoms with E-state index in [1.54, 1.807) is 12.3 Å². The Hall–Kier alpha value is -3.64. The van der Waals surface area contributed by atoms with Gasteiger partial charge in [-0.3, -0.25) is 14.2 Å². The molecule has 0 bridgehead atoms. The van der Waals surface area contributed by atoms with Crippen LogP contribution in [0.15, 0.2) is 46.5 Å². The molecule has 2 atom stereocenters. The zero-order chi connectivity index (χ0) is 25.1. The monoisotopic (exact) mass is 526 g/mol. The number of nitrogen functional groups attached to an aromatic ring is 1. The highest BCUT2D eigenvalue weighted by Crippen LogP contribution is 2.42. The number of nitrogens with zero attached hydrogens (tertiary/aromatic N) is 6. The molecule has 10 nitrogen and oxygen atoms in total. The van der Waals surface area contributed by atoms with Gasteiger partial charge in [-0.25, -0.2) is 13.9 Å². The number of carbonyl (C=O) groups excluding carboxylic acids is 1. The van der Waals surface area contributed by atoms with E-state index in [1.165, 1.54) is 45.1 Å². The number of nitrogens with one attached hydrogen (secondary N) is 1. The Labute approximate surface area is 213 Å². The lowest BCUT2D eigenvalue weighted by molar-refractivity contribution is 0.0944. The van der Waals surface area contributed by atoms with Crippen LogP contribution in [-0.4, -0.2) is 48.5 Å². The molecule has 2 aliphatic heterocycles. The van der Waals surface area contributed by atoms with Crippen molar-refractivity contribution >= 4 is 46.6 Å². The number of aromatic nitrogens is 5. The fraction of sp³-hybridized carbons (Fsp3) is 0.261. The molecule has 3 N–H and O–H groups in total. The molecule has 5 heterocycles. The van der Waals surface area contributed by atoms with Gasteiger partial charge in [0.1, 0.15) is 22.7 Å². The highest BCUT2D eigenvalue weighted by atomic mass is 35.5. The van der Waals surface area contributed by atoms with Crippen molar-refractivity contribution in [2.75, 3.05) is 23.7 Å². The molecular formula is C23H20ClFN8O2S. The SMILES string of the molecule is C[C@H]1CN(c2nc(N)nc3c2C(=O)NCC3)C1Sc1nn2ccc(Cl)c2c(=O)n1-c1ccc(F)cc1. The summed E-state index contributed by atoms with van der Waals surface area (Å²) in [5.41, 5.74) is 7.32. The van der Waals surface area contributed by atoms with Gasteiger partial charge in [0.15, 0.2) is 5.16 Å². The minimum atomic E-state index is -0.418. The van der Waals surface area contributed by atoms with E-state index in [-0.39, 0.29) is 39.2 Å². The Morgan fingerprint density at radius 2 is 1.97 bits per heavy atom. The van der Waals surface area contributed by atoms with E-state index in [1.807, 2.05) is 4.90 Å². The van der Waals surface area contributed by atoms with Crippen LogP contribution in [0.3, 0.4) is 0 Å². The number of halogens is 2. The molecule has 36 heavy (non-hydrogen) atoms. The molecule has 6 rings (SSSR count). The summed E-state index contributed by atoms with van der Waals surface area (Å²) >= 11 is 7.62. The quantitative estimate of drug-likeness (QED) is 0.416. The smallest absolute Gasteiger partial charge is 0.284 e. The summed E-state index contributed by atoms with van der Waals surface area (Å²) in [6.07, 6.45) is 2.19. The number of fused-ring (bicyclic) bond motifs is 2. The normalized spacial score (nSPS) is 19.2. The van der Waals surface area contributed by atoms with Gasteiger partial charge in [-0.05, 0) is 30.3 Å². The van der Waals surface area contributed by atoms with Gasteiger partial charge in [-0.15, -0.1) is 5.10 Å². The molecule has 0 aliphatic carbocycles. The molecule has 4 aromatic rings. The van der Waals surface area contributed by atoms with Crippen LogP contribution >= 0.6 is 23.4 Å². The Kier molecular flexibility index (Phi) is 5.38. The van der Waals surface area contributed by atoms with Crippen LogP contribution in [0, 0.1) is 11.7 Å². The predicted molar refractivity (Wildman–Crippen MR) is 134 cm³/mol. The van der Waals surface area contributed by atoms with Gasteiger partial charge in [0, 0.05) is 31.6 Å². The van der Waals surface area contributed by atoms with Crippen molar-refractivity contribution in [2.24, 2.45) is 5.92 Å². The Balaban J connectivity index is 1.46. The van der Waals surface area contributed by atoms with E-state index in [9.17, 15) is 14.0 Å². The number of hydrogen-bond acceptors (Lipinski definition) is 8. The molecule has 1 unspecified atom stereocenters. The topological polar surface area (TPSA) is 123 Å². The van der Waals surface area contributed by atoms with Gasteiger partial charge < -0.3 is 16.0 Å². The maximum atomic E-state index is 13.6. The summed E-state index contributed by atoms with van der Waals surface area (Å²) < 4.78 is 16.5. The first-order chi connectivity index (χ1) is 17.3. The van der Waals surface area contributed by atoms with E-state index in [4.69, 9.17) is 17.3 Å². The molecule has 13 heteroatoms. The summed E-state index contributed by atoms with van der Waals surface area (Å²) in [4.78, 5) is 36.9. The fourth-order valence-corrected chi connectivity index (χ4v) is 6.09. The number of benzene rings is 1. The summed E-state index contributed by atoms with van der Waals surface area (Å²) in [5.74, 6) is 0.0897. The molecular weight excluding hydrogens is 507 g/mol. The lowest BCUT2D eigenvalue weighted by Crippen LogP contribution is -2.55. The lowest BCUT2D eigenvalue weighted by atomic mass is 9.99. The third kappa shape index (κ3) is 3.59. The van der Waals surface area contributed by atoms with Crippen molar-refractivity contribution in [3.8, 4) is 5.69 Å². The summed E-state index contributed by atoms with van der Waals surface area (Å²) in [5, 5.41) is 7.95. The highest BCUT2D eigenvalue weighted by molar-refractivity contribution is 8.00. The predicted octanol–water partition coefficient (Wildman–Crippen LogP) is 2.51. The number of anilines is 2. The van der Waals surface area contributed by atoms with Gasteiger partial charge in [-0.2, -0.15) is 4.98 Å². The third-order valence-electron chi connectivity index (χ3n) is 6.33. The van der Waals surface area contributed by atoms with Crippen LogP contribution in [0.2, 0.25) is 5.02 Å². The largest absolute Gasteiger partial charge is 0.368 e. The zero-order valence-electron chi connectivity index (χ0n) is 19.0. The Morgan fingerprint density at radius 1 is 1.19 bits per heavy atom. The first-order valence-corrected chi connectivity index (χ1v) is 12.5. The molecule has 184 valence electrons. The number of carbonyl (C=O) groups is 1. The zero-order valence-corrected chi connectivity index (χ0v) is 20.6. The molecule has 2 aliphatic rings. The van der Waals surface area contributed by atoms with Crippen molar-refractivity contribution in [1.29, 1.82) is 0 Å². The van der Waals surface area contributed by atoms with Crippen LogP contribution < -0.4 is 21.5 Å². The fourth-order valence-electron chi connectivity index (χ4n) is 4.59. The number of amides is 1. The van der Waals surface area contributed by atoms with Crippen molar-refractivity contribution in [3.63, 3.8) is 0 Å². The summed E-state index contributed by atoms with van der Waals surface area (Å²) in [7, 11) is 0. The average molecular weight is 527 g/mol.